The van der Waals surface area contributed by atoms with E-state index in [0.717, 1.165) is 12.0 Å². The zero-order valence-electron chi connectivity index (χ0n) is 16.4. The van der Waals surface area contributed by atoms with Crippen LogP contribution in [0.2, 0.25) is 0 Å². The lowest BCUT2D eigenvalue weighted by Crippen LogP contribution is -2.46. The molecule has 0 aliphatic carbocycles. The number of hydrogen-bond donors (Lipinski definition) is 5. The molecule has 2 heterocycles. The largest absolute Gasteiger partial charge is 0.453 e. The fourth-order valence-corrected chi connectivity index (χ4v) is 4.20. The van der Waals surface area contributed by atoms with E-state index < -0.39 is 12.0 Å². The van der Waals surface area contributed by atoms with Gasteiger partial charge in [-0.1, -0.05) is 13.8 Å². The summed E-state index contributed by atoms with van der Waals surface area (Å²) in [6.45, 7) is 5.51. The van der Waals surface area contributed by atoms with Gasteiger partial charge in [-0.15, -0.1) is 0 Å². The quantitative estimate of drug-likeness (QED) is 0.307. The van der Waals surface area contributed by atoms with E-state index in [9.17, 15) is 30.3 Å². The summed E-state index contributed by atoms with van der Waals surface area (Å²) >= 11 is 0. The molecule has 158 valence electrons. The van der Waals surface area contributed by atoms with E-state index in [-0.39, 0.29) is 29.2 Å². The number of carbonyl (C=O) groups excluding carboxylic acids is 1. The number of aliphatic hydroxyl groups is 5. The molecule has 0 spiro atoms. The van der Waals surface area contributed by atoms with Crippen molar-refractivity contribution >= 4 is 13.6 Å². The lowest BCUT2D eigenvalue weighted by Gasteiger charge is -2.43. The molecular weight excluding hydrogens is 381 g/mol. The molecule has 9 nitrogen and oxygen atoms in total. The van der Waals surface area contributed by atoms with Crippen LogP contribution < -0.4 is 9.47 Å². The van der Waals surface area contributed by atoms with Gasteiger partial charge in [-0.2, -0.15) is 0 Å². The zero-order chi connectivity index (χ0) is 21.6. The smallest absolute Gasteiger partial charge is 0.445 e. The van der Waals surface area contributed by atoms with Crippen molar-refractivity contribution in [3.05, 3.63) is 23.3 Å². The number of piperidine rings is 1. The molecule has 0 aromatic heterocycles. The molecule has 2 aliphatic heterocycles. The summed E-state index contributed by atoms with van der Waals surface area (Å²) in [5.74, 6) is -3.15. The second-order valence-corrected chi connectivity index (χ2v) is 8.19. The van der Waals surface area contributed by atoms with Gasteiger partial charge in [0.05, 0.1) is 0 Å². The molecule has 2 radical (unpaired) electrons. The minimum absolute atomic E-state index is 0.0206. The molecule has 29 heavy (non-hydrogen) atoms. The van der Waals surface area contributed by atoms with Crippen molar-refractivity contribution in [1.82, 2.24) is 4.90 Å². The lowest BCUT2D eigenvalue weighted by molar-refractivity contribution is -0.420. The van der Waals surface area contributed by atoms with Gasteiger partial charge in [-0.05, 0) is 42.0 Å². The second kappa shape index (κ2) is 7.86. The molecule has 0 amide bonds. The standard InChI is InChI=1S/C19H26BNO8/c1-10(2)5-12-9-21-4-3-11-6-16(28-18(20,23)24)17(29-19(25,26)27)7-13(11)14(21)8-15(12)22/h6-7,10,12,14,23-27H,3-5,8-9H2,1-2H3. The van der Waals surface area contributed by atoms with Gasteiger partial charge in [0.2, 0.25) is 7.85 Å². The molecule has 2 unspecified atom stereocenters. The van der Waals surface area contributed by atoms with Crippen LogP contribution in [-0.4, -0.2) is 69.2 Å². The van der Waals surface area contributed by atoms with E-state index in [4.69, 9.17) is 12.6 Å². The fourth-order valence-electron chi connectivity index (χ4n) is 4.20. The number of nitrogens with zero attached hydrogens (tertiary/aromatic N) is 1. The summed E-state index contributed by atoms with van der Waals surface area (Å²) in [5.41, 5.74) is 1.48. The first-order valence-electron chi connectivity index (χ1n) is 9.54. The molecule has 0 saturated carbocycles. The predicted octanol–water partition coefficient (Wildman–Crippen LogP) is -0.669. The third kappa shape index (κ3) is 5.47. The van der Waals surface area contributed by atoms with Crippen LogP contribution in [0.1, 0.15) is 43.9 Å². The molecule has 2 atom stereocenters. The first-order chi connectivity index (χ1) is 13.3. The van der Waals surface area contributed by atoms with Gasteiger partial charge >= 0.3 is 6.16 Å². The van der Waals surface area contributed by atoms with Crippen LogP contribution in [0, 0.1) is 11.8 Å². The van der Waals surface area contributed by atoms with Crippen molar-refractivity contribution in [2.75, 3.05) is 13.1 Å². The Morgan fingerprint density at radius 1 is 1.17 bits per heavy atom. The number of Topliss-reactive ketones (excluding diaryl/α,β-unsaturated/α-hetero) is 1. The average molecular weight is 407 g/mol. The summed E-state index contributed by atoms with van der Waals surface area (Å²) < 4.78 is 9.50. The third-order valence-electron chi connectivity index (χ3n) is 5.24. The Labute approximate surface area is 169 Å². The molecule has 2 aliphatic rings. The number of rotatable bonds is 6. The molecule has 1 aromatic carbocycles. The molecule has 1 saturated heterocycles. The monoisotopic (exact) mass is 407 g/mol. The average Bonchev–Trinajstić information content (AvgIpc) is 2.53. The van der Waals surface area contributed by atoms with Gasteiger partial charge in [-0.3, -0.25) is 9.69 Å². The van der Waals surface area contributed by atoms with Crippen LogP contribution in [0.5, 0.6) is 11.5 Å². The zero-order valence-corrected chi connectivity index (χ0v) is 16.4. The van der Waals surface area contributed by atoms with Gasteiger partial charge in [0.1, 0.15) is 5.78 Å². The molecule has 1 aromatic rings. The molecule has 5 N–H and O–H groups in total. The van der Waals surface area contributed by atoms with Crippen molar-refractivity contribution in [2.45, 2.75) is 51.2 Å². The molecule has 3 rings (SSSR count). The fraction of sp³-hybridized carbons (Fsp3) is 0.632. The number of hydrogen-bond acceptors (Lipinski definition) is 9. The molecule has 0 bridgehead atoms. The Hall–Kier alpha value is -1.69. The Balaban J connectivity index is 1.95. The summed E-state index contributed by atoms with van der Waals surface area (Å²) in [6.07, 6.45) is -1.80. The summed E-state index contributed by atoms with van der Waals surface area (Å²) in [7, 11) is 5.05. The van der Waals surface area contributed by atoms with E-state index in [1.54, 1.807) is 0 Å². The van der Waals surface area contributed by atoms with Crippen molar-refractivity contribution in [1.29, 1.82) is 0 Å². The van der Waals surface area contributed by atoms with Gasteiger partial charge in [0, 0.05) is 31.5 Å². The van der Waals surface area contributed by atoms with Crippen LogP contribution in [0.3, 0.4) is 0 Å². The highest BCUT2D eigenvalue weighted by Gasteiger charge is 2.39. The van der Waals surface area contributed by atoms with Crippen LogP contribution >= 0.6 is 0 Å². The van der Waals surface area contributed by atoms with Crippen molar-refractivity contribution in [3.63, 3.8) is 0 Å². The number of ether oxygens (including phenoxy) is 2. The Kier molecular flexibility index (Phi) is 5.97. The maximum atomic E-state index is 12.7. The summed E-state index contributed by atoms with van der Waals surface area (Å²) in [5, 5.41) is 46.3. The summed E-state index contributed by atoms with van der Waals surface area (Å²) in [6, 6.07) is 2.58. The predicted molar refractivity (Wildman–Crippen MR) is 101 cm³/mol. The van der Waals surface area contributed by atoms with E-state index in [2.05, 4.69) is 23.5 Å². The summed E-state index contributed by atoms with van der Waals surface area (Å²) in [4.78, 5) is 14.9. The van der Waals surface area contributed by atoms with Crippen molar-refractivity contribution < 1.29 is 39.8 Å². The highest BCUT2D eigenvalue weighted by atomic mass is 16.9. The van der Waals surface area contributed by atoms with E-state index in [1.807, 2.05) is 0 Å². The normalized spacial score (nSPS) is 23.0. The van der Waals surface area contributed by atoms with E-state index >= 15 is 0 Å². The van der Waals surface area contributed by atoms with E-state index in [0.29, 0.717) is 37.4 Å². The Bertz CT molecular complexity index is 771. The van der Waals surface area contributed by atoms with Crippen LogP contribution in [-0.2, 0) is 11.2 Å². The Morgan fingerprint density at radius 2 is 1.83 bits per heavy atom. The number of ketones is 1. The first-order valence-corrected chi connectivity index (χ1v) is 9.54. The van der Waals surface area contributed by atoms with E-state index in [1.165, 1.54) is 12.1 Å². The number of benzene rings is 1. The maximum absolute atomic E-state index is 12.7. The minimum atomic E-state index is -3.52. The molecular formula is C19H26BNO8. The van der Waals surface area contributed by atoms with Crippen LogP contribution in [0.15, 0.2) is 12.1 Å². The van der Waals surface area contributed by atoms with Crippen LogP contribution in [0.4, 0.5) is 0 Å². The van der Waals surface area contributed by atoms with Crippen molar-refractivity contribution in [2.24, 2.45) is 11.8 Å². The first kappa shape index (κ1) is 22.0. The van der Waals surface area contributed by atoms with Gasteiger partial charge < -0.3 is 35.0 Å². The lowest BCUT2D eigenvalue weighted by atomic mass is 9.80. The maximum Gasteiger partial charge on any atom is 0.453 e. The number of fused-ring (bicyclic) bond motifs is 3. The topological polar surface area (TPSA) is 140 Å². The van der Waals surface area contributed by atoms with Crippen LogP contribution in [0.25, 0.3) is 0 Å². The highest BCUT2D eigenvalue weighted by molar-refractivity contribution is 6.12. The highest BCUT2D eigenvalue weighted by Crippen LogP contribution is 2.43. The van der Waals surface area contributed by atoms with Crippen molar-refractivity contribution in [3.8, 4) is 11.5 Å². The van der Waals surface area contributed by atoms with Gasteiger partial charge in [0.15, 0.2) is 11.5 Å². The van der Waals surface area contributed by atoms with Gasteiger partial charge in [-0.25, -0.2) is 0 Å². The minimum Gasteiger partial charge on any atom is -0.445 e. The Morgan fingerprint density at radius 3 is 2.41 bits per heavy atom. The SMILES string of the molecule is [B]C(O)(O)Oc1cc2c(cc1OC(O)(O)O)C1CC(=O)C(CC(C)C)CN1CC2. The van der Waals surface area contributed by atoms with Gasteiger partial charge in [0.25, 0.3) is 5.87 Å². The number of carbonyl (C=O) groups is 1. The second-order valence-electron chi connectivity index (χ2n) is 8.19. The molecule has 10 heteroatoms. The third-order valence-corrected chi connectivity index (χ3v) is 5.24. The molecule has 1 fully saturated rings.